The van der Waals surface area contributed by atoms with Gasteiger partial charge < -0.3 is 10.2 Å². The molecule has 1 fully saturated rings. The van der Waals surface area contributed by atoms with E-state index >= 15 is 0 Å². The first-order valence-corrected chi connectivity index (χ1v) is 7.32. The SMILES string of the molecule is O=C(NCc1ccccc1F)c1cc(N2CCCC2)ncn1. The van der Waals surface area contributed by atoms with Gasteiger partial charge in [0.15, 0.2) is 0 Å². The van der Waals surface area contributed by atoms with E-state index in [4.69, 9.17) is 0 Å². The normalized spacial score (nSPS) is 14.1. The van der Waals surface area contributed by atoms with Gasteiger partial charge in [0.25, 0.3) is 5.91 Å². The van der Waals surface area contributed by atoms with Crippen molar-refractivity contribution in [2.45, 2.75) is 19.4 Å². The van der Waals surface area contributed by atoms with Gasteiger partial charge in [0.1, 0.15) is 23.7 Å². The van der Waals surface area contributed by atoms with Crippen molar-refractivity contribution in [3.8, 4) is 0 Å². The topological polar surface area (TPSA) is 58.1 Å². The van der Waals surface area contributed by atoms with E-state index in [1.165, 1.54) is 12.4 Å². The molecule has 1 aromatic heterocycles. The van der Waals surface area contributed by atoms with Gasteiger partial charge in [-0.3, -0.25) is 4.79 Å². The highest BCUT2D eigenvalue weighted by molar-refractivity contribution is 5.92. The molecule has 0 bridgehead atoms. The second kappa shape index (κ2) is 6.51. The first-order valence-electron chi connectivity index (χ1n) is 7.32. The van der Waals surface area contributed by atoms with Crippen LogP contribution in [0.5, 0.6) is 0 Å². The Hall–Kier alpha value is -2.50. The zero-order valence-corrected chi connectivity index (χ0v) is 12.1. The third-order valence-corrected chi connectivity index (χ3v) is 3.71. The lowest BCUT2D eigenvalue weighted by Gasteiger charge is -2.16. The largest absolute Gasteiger partial charge is 0.357 e. The zero-order chi connectivity index (χ0) is 15.4. The Bertz CT molecular complexity index is 671. The fourth-order valence-corrected chi connectivity index (χ4v) is 2.50. The van der Waals surface area contributed by atoms with Crippen LogP contribution >= 0.6 is 0 Å². The van der Waals surface area contributed by atoms with E-state index in [1.54, 1.807) is 24.3 Å². The predicted molar refractivity (Wildman–Crippen MR) is 81.0 cm³/mol. The number of amides is 1. The molecule has 1 aliphatic rings. The lowest BCUT2D eigenvalue weighted by atomic mass is 10.2. The van der Waals surface area contributed by atoms with Crippen LogP contribution in [0, 0.1) is 5.82 Å². The van der Waals surface area contributed by atoms with Crippen molar-refractivity contribution in [2.75, 3.05) is 18.0 Å². The Labute approximate surface area is 128 Å². The van der Waals surface area contributed by atoms with Crippen LogP contribution < -0.4 is 10.2 Å². The van der Waals surface area contributed by atoms with Crippen molar-refractivity contribution < 1.29 is 9.18 Å². The molecule has 1 aromatic carbocycles. The predicted octanol–water partition coefficient (Wildman–Crippen LogP) is 2.15. The molecule has 2 heterocycles. The summed E-state index contributed by atoms with van der Waals surface area (Å²) >= 11 is 0. The van der Waals surface area contributed by atoms with Gasteiger partial charge in [-0.25, -0.2) is 14.4 Å². The van der Waals surface area contributed by atoms with Crippen LogP contribution in [0.1, 0.15) is 28.9 Å². The third-order valence-electron chi connectivity index (χ3n) is 3.71. The number of rotatable bonds is 4. The standard InChI is InChI=1S/C16H17FN4O/c17-13-6-2-1-5-12(13)10-18-16(22)14-9-15(20-11-19-14)21-7-3-4-8-21/h1-2,5-6,9,11H,3-4,7-8,10H2,(H,18,22). The second-order valence-electron chi connectivity index (χ2n) is 5.23. The smallest absolute Gasteiger partial charge is 0.270 e. The minimum atomic E-state index is -0.330. The van der Waals surface area contributed by atoms with Crippen molar-refractivity contribution in [3.63, 3.8) is 0 Å². The second-order valence-corrected chi connectivity index (χ2v) is 5.23. The summed E-state index contributed by atoms with van der Waals surface area (Å²) < 4.78 is 13.5. The van der Waals surface area contributed by atoms with E-state index in [9.17, 15) is 9.18 Å². The number of carbonyl (C=O) groups is 1. The summed E-state index contributed by atoms with van der Waals surface area (Å²) in [5.41, 5.74) is 0.748. The van der Waals surface area contributed by atoms with Gasteiger partial charge in [-0.05, 0) is 18.9 Å². The molecule has 0 saturated carbocycles. The molecule has 5 nitrogen and oxygen atoms in total. The van der Waals surface area contributed by atoms with E-state index in [-0.39, 0.29) is 18.3 Å². The Morgan fingerprint density at radius 3 is 2.77 bits per heavy atom. The van der Waals surface area contributed by atoms with E-state index in [1.807, 2.05) is 0 Å². The molecule has 0 aliphatic carbocycles. The number of hydrogen-bond donors (Lipinski definition) is 1. The molecule has 1 amide bonds. The minimum Gasteiger partial charge on any atom is -0.357 e. The van der Waals surface area contributed by atoms with Gasteiger partial charge in [-0.2, -0.15) is 0 Å². The van der Waals surface area contributed by atoms with Crippen molar-refractivity contribution in [3.05, 3.63) is 53.7 Å². The first kappa shape index (κ1) is 14.4. The maximum atomic E-state index is 13.5. The molecule has 114 valence electrons. The maximum Gasteiger partial charge on any atom is 0.270 e. The van der Waals surface area contributed by atoms with Crippen molar-refractivity contribution in [1.29, 1.82) is 0 Å². The lowest BCUT2D eigenvalue weighted by Crippen LogP contribution is -2.25. The molecule has 1 aliphatic heterocycles. The van der Waals surface area contributed by atoms with Gasteiger partial charge in [0, 0.05) is 31.3 Å². The highest BCUT2D eigenvalue weighted by Gasteiger charge is 2.16. The maximum absolute atomic E-state index is 13.5. The molecule has 1 N–H and O–H groups in total. The highest BCUT2D eigenvalue weighted by atomic mass is 19.1. The first-order chi connectivity index (χ1) is 10.7. The lowest BCUT2D eigenvalue weighted by molar-refractivity contribution is 0.0945. The van der Waals surface area contributed by atoms with Crippen LogP contribution in [0.15, 0.2) is 36.7 Å². The quantitative estimate of drug-likeness (QED) is 0.940. The molecular formula is C16H17FN4O. The third kappa shape index (κ3) is 3.21. The average Bonchev–Trinajstić information content (AvgIpc) is 3.08. The summed E-state index contributed by atoms with van der Waals surface area (Å²) in [6.45, 7) is 2.04. The summed E-state index contributed by atoms with van der Waals surface area (Å²) in [5, 5.41) is 2.69. The molecule has 0 spiro atoms. The fourth-order valence-electron chi connectivity index (χ4n) is 2.50. The monoisotopic (exact) mass is 300 g/mol. The van der Waals surface area contributed by atoms with Crippen molar-refractivity contribution in [2.24, 2.45) is 0 Å². The van der Waals surface area contributed by atoms with Gasteiger partial charge in [-0.1, -0.05) is 18.2 Å². The van der Waals surface area contributed by atoms with E-state index in [0.29, 0.717) is 11.3 Å². The van der Waals surface area contributed by atoms with Crippen LogP contribution in [0.25, 0.3) is 0 Å². The van der Waals surface area contributed by atoms with Crippen LogP contribution in [-0.4, -0.2) is 29.0 Å². The number of benzene rings is 1. The molecule has 0 atom stereocenters. The summed E-state index contributed by atoms with van der Waals surface area (Å²) in [4.78, 5) is 22.5. The number of halogens is 1. The Morgan fingerprint density at radius 1 is 1.23 bits per heavy atom. The van der Waals surface area contributed by atoms with Crippen LogP contribution in [0.2, 0.25) is 0 Å². The molecule has 6 heteroatoms. The van der Waals surface area contributed by atoms with Gasteiger partial charge in [-0.15, -0.1) is 0 Å². The number of nitrogens with zero attached hydrogens (tertiary/aromatic N) is 3. The molecule has 0 radical (unpaired) electrons. The fraction of sp³-hybridized carbons (Fsp3) is 0.312. The molecule has 0 unspecified atom stereocenters. The Morgan fingerprint density at radius 2 is 2.00 bits per heavy atom. The van der Waals surface area contributed by atoms with Crippen LogP contribution in [0.3, 0.4) is 0 Å². The number of anilines is 1. The molecular weight excluding hydrogens is 283 g/mol. The van der Waals surface area contributed by atoms with Crippen molar-refractivity contribution >= 4 is 11.7 Å². The number of carbonyl (C=O) groups excluding carboxylic acids is 1. The van der Waals surface area contributed by atoms with E-state index < -0.39 is 0 Å². The highest BCUT2D eigenvalue weighted by Crippen LogP contribution is 2.17. The number of hydrogen-bond acceptors (Lipinski definition) is 4. The number of aromatic nitrogens is 2. The van der Waals surface area contributed by atoms with Gasteiger partial charge >= 0.3 is 0 Å². The van der Waals surface area contributed by atoms with E-state index in [2.05, 4.69) is 20.2 Å². The van der Waals surface area contributed by atoms with Crippen LogP contribution in [0.4, 0.5) is 10.2 Å². The van der Waals surface area contributed by atoms with Gasteiger partial charge in [0.05, 0.1) is 0 Å². The summed E-state index contributed by atoms with van der Waals surface area (Å²) in [7, 11) is 0. The zero-order valence-electron chi connectivity index (χ0n) is 12.1. The Balaban J connectivity index is 1.67. The minimum absolute atomic E-state index is 0.133. The molecule has 1 saturated heterocycles. The van der Waals surface area contributed by atoms with Gasteiger partial charge in [0.2, 0.25) is 0 Å². The number of nitrogens with one attached hydrogen (secondary N) is 1. The summed E-state index contributed by atoms with van der Waals surface area (Å²) in [5.74, 6) is 0.109. The summed E-state index contributed by atoms with van der Waals surface area (Å²) in [6.07, 6.45) is 3.67. The van der Waals surface area contributed by atoms with Crippen molar-refractivity contribution in [1.82, 2.24) is 15.3 Å². The van der Waals surface area contributed by atoms with E-state index in [0.717, 1.165) is 31.7 Å². The average molecular weight is 300 g/mol. The Kier molecular flexibility index (Phi) is 4.27. The molecule has 22 heavy (non-hydrogen) atoms. The van der Waals surface area contributed by atoms with Crippen LogP contribution in [-0.2, 0) is 6.54 Å². The summed E-state index contributed by atoms with van der Waals surface area (Å²) in [6, 6.07) is 8.05. The molecule has 3 rings (SSSR count). The molecule has 2 aromatic rings.